The molecule has 0 bridgehead atoms. The summed E-state index contributed by atoms with van der Waals surface area (Å²) in [6.07, 6.45) is 13.5. The number of nitrogens with one attached hydrogen (secondary N) is 1. The minimum atomic E-state index is -0.668. The Kier molecular flexibility index (Phi) is 7.12. The van der Waals surface area contributed by atoms with Crippen molar-refractivity contribution >= 4 is 28.9 Å². The van der Waals surface area contributed by atoms with Crippen molar-refractivity contribution in [2.24, 2.45) is 17.8 Å². The van der Waals surface area contributed by atoms with E-state index in [0.717, 1.165) is 44.2 Å². The van der Waals surface area contributed by atoms with Crippen LogP contribution in [0.4, 0.5) is 16.2 Å². The van der Waals surface area contributed by atoms with Crippen molar-refractivity contribution in [1.29, 1.82) is 0 Å². The van der Waals surface area contributed by atoms with Gasteiger partial charge < -0.3 is 15.2 Å². The van der Waals surface area contributed by atoms with E-state index < -0.39 is 5.97 Å². The highest BCUT2D eigenvalue weighted by Gasteiger charge is 2.29. The van der Waals surface area contributed by atoms with E-state index >= 15 is 0 Å². The van der Waals surface area contributed by atoms with Crippen LogP contribution in [0.15, 0.2) is 60.7 Å². The van der Waals surface area contributed by atoms with Crippen LogP contribution in [-0.2, 0) is 11.2 Å². The molecule has 5 rings (SSSR count). The fourth-order valence-corrected chi connectivity index (χ4v) is 5.99. The Morgan fingerprint density at radius 2 is 1.92 bits per heavy atom. The molecular formula is C30H34N2O4. The molecule has 0 radical (unpaired) electrons. The number of carbonyl (C=O) groups excluding carboxylic acids is 1. The monoisotopic (exact) mass is 486 g/mol. The summed E-state index contributed by atoms with van der Waals surface area (Å²) in [6, 6.07) is 13.7. The number of allylic oxidation sites excluding steroid dienone is 4. The van der Waals surface area contributed by atoms with Crippen LogP contribution >= 0.6 is 0 Å². The van der Waals surface area contributed by atoms with E-state index in [9.17, 15) is 9.59 Å². The molecule has 1 heterocycles. The van der Waals surface area contributed by atoms with Crippen LogP contribution in [0.5, 0.6) is 5.75 Å². The lowest BCUT2D eigenvalue weighted by atomic mass is 9.72. The highest BCUT2D eigenvalue weighted by Crippen LogP contribution is 2.40. The van der Waals surface area contributed by atoms with Gasteiger partial charge in [-0.15, -0.1) is 0 Å². The molecule has 1 saturated carbocycles. The third-order valence-electron chi connectivity index (χ3n) is 8.00. The lowest BCUT2D eigenvalue weighted by Crippen LogP contribution is -2.33. The Morgan fingerprint density at radius 3 is 2.64 bits per heavy atom. The van der Waals surface area contributed by atoms with E-state index in [4.69, 9.17) is 9.84 Å². The maximum atomic E-state index is 13.0. The summed E-state index contributed by atoms with van der Waals surface area (Å²) in [4.78, 5) is 25.8. The SMILES string of the molecule is COc1ccccc1NC(=O)N1CCc2cc(C3=CCC(C4CCC(CC(=O)O)CC4)C=C3)ccc21. The topological polar surface area (TPSA) is 78.9 Å². The Bertz CT molecular complexity index is 1190. The number of fused-ring (bicyclic) bond motifs is 1. The van der Waals surface area contributed by atoms with Gasteiger partial charge in [-0.3, -0.25) is 9.69 Å². The molecule has 3 aliphatic rings. The summed E-state index contributed by atoms with van der Waals surface area (Å²) in [5, 5.41) is 12.0. The predicted octanol–water partition coefficient (Wildman–Crippen LogP) is 6.53. The molecule has 0 saturated heterocycles. The van der Waals surface area contributed by atoms with Gasteiger partial charge in [-0.1, -0.05) is 36.4 Å². The third-order valence-corrected chi connectivity index (χ3v) is 8.00. The van der Waals surface area contributed by atoms with Gasteiger partial charge in [0.15, 0.2) is 0 Å². The van der Waals surface area contributed by atoms with E-state index in [-0.39, 0.29) is 6.03 Å². The first-order valence-corrected chi connectivity index (χ1v) is 13.0. The molecule has 1 aliphatic heterocycles. The number of nitrogens with zero attached hydrogens (tertiary/aromatic N) is 1. The van der Waals surface area contributed by atoms with Gasteiger partial charge in [-0.2, -0.15) is 0 Å². The van der Waals surface area contributed by atoms with E-state index in [1.165, 1.54) is 16.7 Å². The molecule has 6 heteroatoms. The molecule has 2 amide bonds. The molecule has 1 unspecified atom stereocenters. The Morgan fingerprint density at radius 1 is 1.11 bits per heavy atom. The number of carboxylic acids is 1. The smallest absolute Gasteiger partial charge is 0.326 e. The number of benzene rings is 2. The number of rotatable bonds is 6. The molecule has 2 aromatic carbocycles. The molecule has 0 aromatic heterocycles. The average Bonchev–Trinajstić information content (AvgIpc) is 3.33. The predicted molar refractivity (Wildman–Crippen MR) is 142 cm³/mol. The van der Waals surface area contributed by atoms with Gasteiger partial charge in [0.1, 0.15) is 5.75 Å². The van der Waals surface area contributed by atoms with Crippen LogP contribution in [0.1, 0.15) is 49.7 Å². The van der Waals surface area contributed by atoms with Crippen LogP contribution in [0.2, 0.25) is 0 Å². The van der Waals surface area contributed by atoms with Crippen molar-refractivity contribution in [3.63, 3.8) is 0 Å². The molecule has 188 valence electrons. The largest absolute Gasteiger partial charge is 0.495 e. The molecule has 6 nitrogen and oxygen atoms in total. The van der Waals surface area contributed by atoms with Crippen LogP contribution in [-0.4, -0.2) is 30.8 Å². The molecule has 1 atom stereocenters. The zero-order valence-corrected chi connectivity index (χ0v) is 20.8. The van der Waals surface area contributed by atoms with Crippen molar-refractivity contribution in [3.8, 4) is 5.75 Å². The zero-order valence-electron chi connectivity index (χ0n) is 20.8. The number of para-hydroxylation sites is 2. The van der Waals surface area contributed by atoms with Gasteiger partial charge in [0.25, 0.3) is 0 Å². The second-order valence-corrected chi connectivity index (χ2v) is 10.2. The van der Waals surface area contributed by atoms with E-state index in [2.05, 4.69) is 41.7 Å². The Balaban J connectivity index is 1.20. The first-order chi connectivity index (χ1) is 17.5. The average molecular weight is 487 g/mol. The lowest BCUT2D eigenvalue weighted by molar-refractivity contribution is -0.138. The number of carbonyl (C=O) groups is 2. The fourth-order valence-electron chi connectivity index (χ4n) is 5.99. The number of aliphatic carboxylic acids is 1. The van der Waals surface area contributed by atoms with Crippen molar-refractivity contribution < 1.29 is 19.4 Å². The molecule has 2 aliphatic carbocycles. The highest BCUT2D eigenvalue weighted by molar-refractivity contribution is 6.04. The van der Waals surface area contributed by atoms with Crippen LogP contribution in [0.3, 0.4) is 0 Å². The first-order valence-electron chi connectivity index (χ1n) is 13.0. The van der Waals surface area contributed by atoms with E-state index in [1.54, 1.807) is 12.0 Å². The summed E-state index contributed by atoms with van der Waals surface area (Å²) >= 11 is 0. The van der Waals surface area contributed by atoms with Crippen molar-refractivity contribution in [3.05, 3.63) is 71.8 Å². The van der Waals surface area contributed by atoms with Gasteiger partial charge in [-0.05, 0) is 97.2 Å². The molecule has 1 fully saturated rings. The van der Waals surface area contributed by atoms with E-state index in [0.29, 0.717) is 42.2 Å². The molecule has 36 heavy (non-hydrogen) atoms. The van der Waals surface area contributed by atoms with E-state index in [1.807, 2.05) is 24.3 Å². The normalized spacial score (nSPS) is 23.1. The number of anilines is 2. The summed E-state index contributed by atoms with van der Waals surface area (Å²) in [6.45, 7) is 0.654. The molecule has 2 aromatic rings. The van der Waals surface area contributed by atoms with Crippen molar-refractivity contribution in [2.75, 3.05) is 23.9 Å². The summed E-state index contributed by atoms with van der Waals surface area (Å²) in [7, 11) is 1.60. The molecule has 0 spiro atoms. The van der Waals surface area contributed by atoms with Crippen molar-refractivity contribution in [2.45, 2.75) is 44.9 Å². The quantitative estimate of drug-likeness (QED) is 0.487. The summed E-state index contributed by atoms with van der Waals surface area (Å²) in [5.41, 5.74) is 5.25. The number of methoxy groups -OCH3 is 1. The minimum Gasteiger partial charge on any atom is -0.495 e. The maximum absolute atomic E-state index is 13.0. The Labute approximate surface area is 212 Å². The van der Waals surface area contributed by atoms with Gasteiger partial charge in [0.2, 0.25) is 0 Å². The summed E-state index contributed by atoms with van der Waals surface area (Å²) < 4.78 is 5.36. The third kappa shape index (κ3) is 5.18. The van der Waals surface area contributed by atoms with Crippen molar-refractivity contribution in [1.82, 2.24) is 0 Å². The van der Waals surface area contributed by atoms with Crippen LogP contribution in [0, 0.1) is 17.8 Å². The number of carboxylic acid groups (broad SMARTS) is 1. The minimum absolute atomic E-state index is 0.149. The first kappa shape index (κ1) is 24.2. The van der Waals surface area contributed by atoms with Gasteiger partial charge in [0, 0.05) is 18.7 Å². The van der Waals surface area contributed by atoms with Crippen LogP contribution in [0.25, 0.3) is 5.57 Å². The molecular weight excluding hydrogens is 452 g/mol. The number of amides is 2. The number of ether oxygens (including phenoxy) is 1. The second-order valence-electron chi connectivity index (χ2n) is 10.2. The van der Waals surface area contributed by atoms with Gasteiger partial charge in [0.05, 0.1) is 12.8 Å². The fraction of sp³-hybridized carbons (Fsp3) is 0.400. The lowest BCUT2D eigenvalue weighted by Gasteiger charge is -2.33. The standard InChI is InChI=1S/C30H34N2O4/c1-36-28-5-3-2-4-26(28)31-30(35)32-17-16-25-19-24(14-15-27(25)32)23-12-10-22(11-13-23)21-8-6-20(7-9-21)18-29(33)34/h2-5,10,12-15,19-22H,6-9,11,16-18H2,1H3,(H,31,35)(H,33,34). The van der Waals surface area contributed by atoms with Crippen LogP contribution < -0.4 is 15.0 Å². The highest BCUT2D eigenvalue weighted by atomic mass is 16.5. The van der Waals surface area contributed by atoms with Gasteiger partial charge in [-0.25, -0.2) is 4.79 Å². The second kappa shape index (κ2) is 10.6. The Hall–Kier alpha value is -3.54. The zero-order chi connectivity index (χ0) is 25.1. The number of hydrogen-bond donors (Lipinski definition) is 2. The molecule has 2 N–H and O–H groups in total. The number of urea groups is 1. The number of hydrogen-bond acceptors (Lipinski definition) is 3. The maximum Gasteiger partial charge on any atom is 0.326 e. The summed E-state index contributed by atoms with van der Waals surface area (Å²) in [5.74, 6) is 1.52. The van der Waals surface area contributed by atoms with Gasteiger partial charge >= 0.3 is 12.0 Å².